The Labute approximate surface area is 157 Å². The van der Waals surface area contributed by atoms with Crippen molar-refractivity contribution in [2.45, 2.75) is 32.8 Å². The van der Waals surface area contributed by atoms with Gasteiger partial charge in [-0.1, -0.05) is 93.6 Å². The Morgan fingerprint density at radius 3 is 1.81 bits per heavy atom. The van der Waals surface area contributed by atoms with Crippen LogP contribution >= 0.6 is 0 Å². The minimum absolute atomic E-state index is 0.0518. The minimum atomic E-state index is -1.39. The van der Waals surface area contributed by atoms with Crippen LogP contribution in [0, 0.1) is 0 Å². The molecule has 0 saturated heterocycles. The summed E-state index contributed by atoms with van der Waals surface area (Å²) in [5.41, 5.74) is 1.96. The zero-order chi connectivity index (χ0) is 18.6. The fraction of sp³-hybridized carbons (Fsp3) is 0.217. The average Bonchev–Trinajstić information content (AvgIpc) is 2.64. The Bertz CT molecular complexity index is 800. The molecular weight excluding hydrogens is 336 g/mol. The first-order chi connectivity index (χ1) is 12.5. The molecule has 0 amide bonds. The van der Waals surface area contributed by atoms with Gasteiger partial charge in [-0.05, 0) is 27.4 Å². The molecule has 0 spiro atoms. The maximum Gasteiger partial charge on any atom is 0.283 e. The zero-order valence-corrected chi connectivity index (χ0v) is 16.6. The third-order valence-corrected chi connectivity index (χ3v) is 6.54. The van der Waals surface area contributed by atoms with E-state index in [2.05, 4.69) is 51.1 Å². The summed E-state index contributed by atoms with van der Waals surface area (Å²) in [6, 6.07) is 26.4. The van der Waals surface area contributed by atoms with Crippen molar-refractivity contribution in [1.82, 2.24) is 0 Å². The molecule has 3 aromatic rings. The monoisotopic (exact) mass is 361 g/mol. The van der Waals surface area contributed by atoms with E-state index in [1.54, 1.807) is 6.07 Å². The maximum absolute atomic E-state index is 10.4. The van der Waals surface area contributed by atoms with Gasteiger partial charge >= 0.3 is 0 Å². The highest BCUT2D eigenvalue weighted by Crippen LogP contribution is 2.31. The van der Waals surface area contributed by atoms with Gasteiger partial charge in [0.1, 0.15) is 5.75 Å². The van der Waals surface area contributed by atoms with Crippen LogP contribution in [0.3, 0.4) is 0 Å². The van der Waals surface area contributed by atoms with E-state index in [-0.39, 0.29) is 5.41 Å². The van der Waals surface area contributed by atoms with Gasteiger partial charge in [-0.2, -0.15) is 0 Å². The molecular formula is C23H25O2Si. The molecule has 0 aliphatic rings. The van der Waals surface area contributed by atoms with E-state index in [9.17, 15) is 5.11 Å². The summed E-state index contributed by atoms with van der Waals surface area (Å²) < 4.78 is 6.46. The number of hydrogen-bond donors (Lipinski definition) is 1. The van der Waals surface area contributed by atoms with Crippen LogP contribution in [0.2, 0.25) is 0 Å². The van der Waals surface area contributed by atoms with Gasteiger partial charge in [0.2, 0.25) is 0 Å². The number of aromatic hydroxyl groups is 1. The summed E-state index contributed by atoms with van der Waals surface area (Å²) in [4.78, 5) is 0. The number of phenolic OH excluding ortho intramolecular Hbond substituents is 1. The second-order valence-corrected chi connectivity index (χ2v) is 9.50. The summed E-state index contributed by atoms with van der Waals surface area (Å²) in [6.07, 6.45) is 0. The van der Waals surface area contributed by atoms with Gasteiger partial charge in [0.15, 0.2) is 0 Å². The molecule has 0 heterocycles. The Balaban J connectivity index is 1.93. The van der Waals surface area contributed by atoms with E-state index >= 15 is 0 Å². The second-order valence-electron chi connectivity index (χ2n) is 7.40. The lowest BCUT2D eigenvalue weighted by molar-refractivity contribution is 0.308. The van der Waals surface area contributed by atoms with E-state index in [0.29, 0.717) is 12.4 Å². The van der Waals surface area contributed by atoms with E-state index in [0.717, 1.165) is 11.1 Å². The summed E-state index contributed by atoms with van der Waals surface area (Å²) in [6.45, 7) is 6.87. The molecule has 1 radical (unpaired) electrons. The smallest absolute Gasteiger partial charge is 0.283 e. The molecule has 3 aromatic carbocycles. The van der Waals surface area contributed by atoms with Gasteiger partial charge in [0.25, 0.3) is 9.04 Å². The third-order valence-electron chi connectivity index (χ3n) is 4.39. The van der Waals surface area contributed by atoms with Gasteiger partial charge in [0, 0.05) is 5.56 Å². The molecule has 1 N–H and O–H groups in total. The molecule has 26 heavy (non-hydrogen) atoms. The topological polar surface area (TPSA) is 29.5 Å². The quantitative estimate of drug-likeness (QED) is 0.696. The van der Waals surface area contributed by atoms with Crippen molar-refractivity contribution in [1.29, 1.82) is 0 Å². The van der Waals surface area contributed by atoms with Crippen LogP contribution in [0.4, 0.5) is 0 Å². The Kier molecular flexibility index (Phi) is 5.60. The Hall–Kier alpha value is -2.36. The average molecular weight is 362 g/mol. The maximum atomic E-state index is 10.4. The van der Waals surface area contributed by atoms with E-state index < -0.39 is 9.04 Å². The second kappa shape index (κ2) is 7.90. The van der Waals surface area contributed by atoms with Crippen molar-refractivity contribution in [2.75, 3.05) is 0 Å². The van der Waals surface area contributed by atoms with E-state index in [4.69, 9.17) is 4.43 Å². The van der Waals surface area contributed by atoms with Gasteiger partial charge < -0.3 is 9.53 Å². The molecule has 0 saturated carbocycles. The van der Waals surface area contributed by atoms with E-state index in [1.807, 2.05) is 42.5 Å². The minimum Gasteiger partial charge on any atom is -0.508 e. The lowest BCUT2D eigenvalue weighted by atomic mass is 9.83. The summed E-state index contributed by atoms with van der Waals surface area (Å²) >= 11 is 0. The van der Waals surface area contributed by atoms with Gasteiger partial charge in [-0.3, -0.25) is 0 Å². The van der Waals surface area contributed by atoms with E-state index in [1.165, 1.54) is 10.4 Å². The van der Waals surface area contributed by atoms with Gasteiger partial charge in [0.05, 0.1) is 6.61 Å². The van der Waals surface area contributed by atoms with Crippen LogP contribution in [0.5, 0.6) is 5.75 Å². The number of benzene rings is 3. The van der Waals surface area contributed by atoms with Crippen LogP contribution in [0.15, 0.2) is 78.9 Å². The van der Waals surface area contributed by atoms with Crippen LogP contribution in [-0.4, -0.2) is 14.1 Å². The standard InChI is InChI=1S/C23H25O2Si/c1-23(2,3)21-15-10-16-22(24)20(21)17-25-26(18-11-6-4-7-12-18)19-13-8-5-9-14-19/h4-16,24H,17H2,1-3H3. The first kappa shape index (κ1) is 18.4. The molecule has 0 atom stereocenters. The van der Waals surface area contributed by atoms with Crippen LogP contribution in [-0.2, 0) is 16.4 Å². The number of hydrogen-bond acceptors (Lipinski definition) is 2. The number of phenols is 1. The largest absolute Gasteiger partial charge is 0.508 e. The SMILES string of the molecule is CC(C)(C)c1cccc(O)c1CO[Si](c1ccccc1)c1ccccc1. The first-order valence-electron chi connectivity index (χ1n) is 8.89. The summed E-state index contributed by atoms with van der Waals surface area (Å²) in [5, 5.41) is 12.9. The molecule has 3 heteroatoms. The predicted octanol–water partition coefficient (Wildman–Crippen LogP) is 4.01. The molecule has 0 aliphatic carbocycles. The molecule has 0 bridgehead atoms. The van der Waals surface area contributed by atoms with Crippen molar-refractivity contribution >= 4 is 19.4 Å². The Morgan fingerprint density at radius 2 is 1.31 bits per heavy atom. The lowest BCUT2D eigenvalue weighted by Gasteiger charge is -2.25. The van der Waals surface area contributed by atoms with Gasteiger partial charge in [-0.15, -0.1) is 0 Å². The molecule has 0 aliphatic heterocycles. The first-order valence-corrected chi connectivity index (χ1v) is 10.3. The summed E-state index contributed by atoms with van der Waals surface area (Å²) in [5.74, 6) is 0.305. The highest BCUT2D eigenvalue weighted by molar-refractivity contribution is 6.80. The Morgan fingerprint density at radius 1 is 0.769 bits per heavy atom. The van der Waals surface area contributed by atoms with Crippen molar-refractivity contribution < 1.29 is 9.53 Å². The predicted molar refractivity (Wildman–Crippen MR) is 110 cm³/mol. The van der Waals surface area contributed by atoms with Crippen LogP contribution < -0.4 is 10.4 Å². The fourth-order valence-electron chi connectivity index (χ4n) is 3.09. The molecule has 0 unspecified atom stereocenters. The highest BCUT2D eigenvalue weighted by atomic mass is 28.3. The molecule has 0 fully saturated rings. The van der Waals surface area contributed by atoms with Crippen molar-refractivity contribution in [3.63, 3.8) is 0 Å². The number of rotatable bonds is 5. The summed E-state index contributed by atoms with van der Waals surface area (Å²) in [7, 11) is -1.39. The highest BCUT2D eigenvalue weighted by Gasteiger charge is 2.23. The van der Waals surface area contributed by atoms with Gasteiger partial charge in [-0.25, -0.2) is 0 Å². The normalized spacial score (nSPS) is 11.7. The molecule has 3 rings (SSSR count). The van der Waals surface area contributed by atoms with Crippen molar-refractivity contribution in [2.24, 2.45) is 0 Å². The molecule has 133 valence electrons. The van der Waals surface area contributed by atoms with Crippen LogP contribution in [0.25, 0.3) is 0 Å². The molecule has 2 nitrogen and oxygen atoms in total. The zero-order valence-electron chi connectivity index (χ0n) is 15.6. The molecule has 0 aromatic heterocycles. The fourth-order valence-corrected chi connectivity index (χ4v) is 5.03. The van der Waals surface area contributed by atoms with Crippen LogP contribution in [0.1, 0.15) is 31.9 Å². The van der Waals surface area contributed by atoms with Crippen molar-refractivity contribution in [3.05, 3.63) is 90.0 Å². The third kappa shape index (κ3) is 4.24. The van der Waals surface area contributed by atoms with Crippen molar-refractivity contribution in [3.8, 4) is 5.75 Å². The lowest BCUT2D eigenvalue weighted by Crippen LogP contribution is -2.44.